The van der Waals surface area contributed by atoms with E-state index in [2.05, 4.69) is 187 Å². The monoisotopic (exact) mass is 764 g/mol. The molecule has 0 unspecified atom stereocenters. The third kappa shape index (κ3) is 4.77. The summed E-state index contributed by atoms with van der Waals surface area (Å²) in [6, 6.07) is 68.5. The number of aromatic nitrogens is 4. The first-order valence-corrected chi connectivity index (χ1v) is 20.3. The van der Waals surface area contributed by atoms with Crippen LogP contribution in [0.5, 0.6) is 0 Å². The third-order valence-electron chi connectivity index (χ3n) is 12.2. The van der Waals surface area contributed by atoms with Gasteiger partial charge in [0, 0.05) is 48.8 Å². The van der Waals surface area contributed by atoms with Crippen molar-refractivity contribution in [3.05, 3.63) is 194 Å². The van der Waals surface area contributed by atoms with Crippen molar-refractivity contribution in [1.29, 1.82) is 0 Å². The molecule has 0 N–H and O–H groups in total. The van der Waals surface area contributed by atoms with Gasteiger partial charge in [0.05, 0.1) is 11.0 Å². The Labute approximate surface area is 343 Å². The maximum Gasteiger partial charge on any atom is 0.238 e. The fourth-order valence-corrected chi connectivity index (χ4v) is 9.54. The summed E-state index contributed by atoms with van der Waals surface area (Å²) in [5, 5.41) is 13.1. The molecule has 3 heterocycles. The molecule has 5 nitrogen and oxygen atoms in total. The van der Waals surface area contributed by atoms with Crippen LogP contribution >= 0.6 is 0 Å². The van der Waals surface area contributed by atoms with Crippen LogP contribution in [-0.4, -0.2) is 19.5 Å². The molecule has 0 aliphatic rings. The second kappa shape index (κ2) is 12.7. The zero-order chi connectivity index (χ0) is 39.3. The normalized spacial score (nSPS) is 12.0. The molecule has 13 rings (SSSR count). The van der Waals surface area contributed by atoms with Gasteiger partial charge in [-0.3, -0.25) is 4.57 Å². The van der Waals surface area contributed by atoms with Crippen molar-refractivity contribution in [2.24, 2.45) is 0 Å². The number of hydrogen-bond donors (Lipinski definition) is 0. The molecule has 0 radical (unpaired) electrons. The first kappa shape index (κ1) is 32.9. The summed E-state index contributed by atoms with van der Waals surface area (Å²) >= 11 is 0. The number of rotatable bonds is 4. The Morgan fingerprint density at radius 1 is 0.367 bits per heavy atom. The second-order valence-corrected chi connectivity index (χ2v) is 15.5. The van der Waals surface area contributed by atoms with Crippen LogP contribution in [0.4, 0.5) is 0 Å². The maximum absolute atomic E-state index is 6.72. The molecule has 5 heteroatoms. The number of nitrogens with zero attached hydrogens (tertiary/aromatic N) is 4. The lowest BCUT2D eigenvalue weighted by Gasteiger charge is -2.16. The number of benzene rings is 10. The molecule has 0 spiro atoms. The zero-order valence-corrected chi connectivity index (χ0v) is 32.2. The van der Waals surface area contributed by atoms with Gasteiger partial charge < -0.3 is 4.42 Å². The van der Waals surface area contributed by atoms with Gasteiger partial charge in [-0.1, -0.05) is 182 Å². The fraction of sp³-hybridized carbons (Fsp3) is 0. The first-order chi connectivity index (χ1) is 29.8. The lowest BCUT2D eigenvalue weighted by atomic mass is 9.93. The Morgan fingerprint density at radius 3 is 1.60 bits per heavy atom. The van der Waals surface area contributed by atoms with Crippen molar-refractivity contribution in [2.45, 2.75) is 0 Å². The van der Waals surface area contributed by atoms with Crippen LogP contribution in [0.2, 0.25) is 0 Å². The van der Waals surface area contributed by atoms with E-state index in [-0.39, 0.29) is 0 Å². The average Bonchev–Trinajstić information content (AvgIpc) is 3.88. The smallest absolute Gasteiger partial charge is 0.238 e. The SMILES string of the molecule is c1ccc(-c2ccc3ccccc3c2-c2nc(-c3cc4ccccc4c4oc5ccccc5c34)nc(-n3c4c5ccccc5ccc4c4ccc5ccccc5c43)n2)cc1. The molecular formula is C55H32N4O. The average molecular weight is 765 g/mol. The Hall–Kier alpha value is -8.15. The highest BCUT2D eigenvalue weighted by atomic mass is 16.3. The van der Waals surface area contributed by atoms with Crippen LogP contribution in [-0.2, 0) is 0 Å². The summed E-state index contributed by atoms with van der Waals surface area (Å²) in [5.41, 5.74) is 7.72. The first-order valence-electron chi connectivity index (χ1n) is 20.3. The predicted molar refractivity (Wildman–Crippen MR) is 248 cm³/mol. The molecule has 13 aromatic rings. The van der Waals surface area contributed by atoms with Crippen molar-refractivity contribution in [2.75, 3.05) is 0 Å². The molecule has 60 heavy (non-hydrogen) atoms. The zero-order valence-electron chi connectivity index (χ0n) is 32.2. The quantitative estimate of drug-likeness (QED) is 0.179. The van der Waals surface area contributed by atoms with Gasteiger partial charge in [-0.15, -0.1) is 0 Å². The van der Waals surface area contributed by atoms with E-state index < -0.39 is 0 Å². The van der Waals surface area contributed by atoms with Gasteiger partial charge in [-0.05, 0) is 50.2 Å². The molecule has 0 saturated carbocycles. The summed E-state index contributed by atoms with van der Waals surface area (Å²) in [5.74, 6) is 1.71. The van der Waals surface area contributed by atoms with Gasteiger partial charge in [-0.2, -0.15) is 9.97 Å². The predicted octanol–water partition coefficient (Wildman–Crippen LogP) is 14.5. The van der Waals surface area contributed by atoms with Crippen molar-refractivity contribution in [1.82, 2.24) is 19.5 Å². The Morgan fingerprint density at radius 2 is 0.900 bits per heavy atom. The minimum Gasteiger partial charge on any atom is -0.455 e. The van der Waals surface area contributed by atoms with Crippen molar-refractivity contribution in [3.8, 4) is 39.9 Å². The maximum atomic E-state index is 6.72. The molecule has 0 amide bonds. The van der Waals surface area contributed by atoms with Crippen LogP contribution < -0.4 is 0 Å². The van der Waals surface area contributed by atoms with Gasteiger partial charge in [0.1, 0.15) is 11.2 Å². The van der Waals surface area contributed by atoms with Crippen molar-refractivity contribution >= 4 is 86.8 Å². The van der Waals surface area contributed by atoms with E-state index in [9.17, 15) is 0 Å². The molecular weight excluding hydrogens is 733 g/mol. The Balaban J connectivity index is 1.25. The Bertz CT molecular complexity index is 3810. The van der Waals surface area contributed by atoms with Gasteiger partial charge in [0.25, 0.3) is 0 Å². The highest BCUT2D eigenvalue weighted by Crippen LogP contribution is 2.44. The van der Waals surface area contributed by atoms with E-state index in [1.54, 1.807) is 0 Å². The molecule has 0 bridgehead atoms. The molecule has 0 saturated heterocycles. The number of fused-ring (bicyclic) bond motifs is 13. The largest absolute Gasteiger partial charge is 0.455 e. The molecule has 0 aliphatic carbocycles. The molecule has 0 fully saturated rings. The highest BCUT2D eigenvalue weighted by Gasteiger charge is 2.25. The summed E-state index contributed by atoms with van der Waals surface area (Å²) in [6.07, 6.45) is 0. The molecule has 278 valence electrons. The lowest BCUT2D eigenvalue weighted by Crippen LogP contribution is -2.07. The number of hydrogen-bond acceptors (Lipinski definition) is 4. The summed E-state index contributed by atoms with van der Waals surface area (Å²) in [7, 11) is 0. The van der Waals surface area contributed by atoms with E-state index in [1.807, 2.05) is 12.1 Å². The summed E-state index contributed by atoms with van der Waals surface area (Å²) in [6.45, 7) is 0. The summed E-state index contributed by atoms with van der Waals surface area (Å²) < 4.78 is 9.01. The van der Waals surface area contributed by atoms with E-state index in [0.717, 1.165) is 109 Å². The minimum atomic E-state index is 0.545. The van der Waals surface area contributed by atoms with Crippen LogP contribution in [0.3, 0.4) is 0 Å². The second-order valence-electron chi connectivity index (χ2n) is 15.5. The summed E-state index contributed by atoms with van der Waals surface area (Å²) in [4.78, 5) is 16.8. The standard InChI is InChI=1S/C55H32N4O/c1-2-14-33(15-3-1)39-29-26-34-16-4-8-20-38(34)49(39)54-56-53(46-32-37-19-7-11-23-42(37)52-48(46)45-24-12-13-25-47(45)60-52)57-55(58-54)59-50-40-21-9-5-17-35(40)27-30-43(50)44-31-28-36-18-6-10-22-41(36)51(44)59/h1-32H. The van der Waals surface area contributed by atoms with Crippen LogP contribution in [0, 0.1) is 0 Å². The fourth-order valence-electron chi connectivity index (χ4n) is 9.54. The van der Waals surface area contributed by atoms with E-state index in [1.165, 1.54) is 0 Å². The van der Waals surface area contributed by atoms with Crippen LogP contribution in [0.1, 0.15) is 0 Å². The van der Waals surface area contributed by atoms with Crippen molar-refractivity contribution in [3.63, 3.8) is 0 Å². The van der Waals surface area contributed by atoms with E-state index in [0.29, 0.717) is 17.6 Å². The molecule has 0 aliphatic heterocycles. The Kier molecular flexibility index (Phi) is 6.95. The molecule has 10 aromatic carbocycles. The highest BCUT2D eigenvalue weighted by molar-refractivity contribution is 6.24. The lowest BCUT2D eigenvalue weighted by molar-refractivity contribution is 0.672. The third-order valence-corrected chi connectivity index (χ3v) is 12.2. The van der Waals surface area contributed by atoms with Crippen molar-refractivity contribution < 1.29 is 4.42 Å². The van der Waals surface area contributed by atoms with Gasteiger partial charge in [0.15, 0.2) is 11.6 Å². The van der Waals surface area contributed by atoms with E-state index in [4.69, 9.17) is 19.4 Å². The number of para-hydroxylation sites is 1. The molecule has 3 aromatic heterocycles. The van der Waals surface area contributed by atoms with Crippen LogP contribution in [0.25, 0.3) is 127 Å². The van der Waals surface area contributed by atoms with Gasteiger partial charge >= 0.3 is 0 Å². The van der Waals surface area contributed by atoms with Crippen LogP contribution in [0.15, 0.2) is 199 Å². The minimum absolute atomic E-state index is 0.545. The molecule has 0 atom stereocenters. The van der Waals surface area contributed by atoms with Gasteiger partial charge in [0.2, 0.25) is 5.95 Å². The topological polar surface area (TPSA) is 56.7 Å². The number of furan rings is 1. The van der Waals surface area contributed by atoms with E-state index >= 15 is 0 Å². The van der Waals surface area contributed by atoms with Gasteiger partial charge in [-0.25, -0.2) is 4.98 Å².